The molecule has 112 valence electrons. The second-order valence-corrected chi connectivity index (χ2v) is 6.50. The lowest BCUT2D eigenvalue weighted by molar-refractivity contribution is 0.903. The van der Waals surface area contributed by atoms with Gasteiger partial charge in [-0.2, -0.15) is 0 Å². The minimum atomic E-state index is 0.369. The number of rotatable bonds is 3. The maximum absolute atomic E-state index is 2.36. The fourth-order valence-corrected chi connectivity index (χ4v) is 3.45. The highest BCUT2D eigenvalue weighted by Crippen LogP contribution is 2.40. The summed E-state index contributed by atoms with van der Waals surface area (Å²) in [6.07, 6.45) is 3.44. The molecule has 0 saturated carbocycles. The molecule has 0 bridgehead atoms. The van der Waals surface area contributed by atoms with Gasteiger partial charge in [0.1, 0.15) is 0 Å². The molecule has 1 aliphatic rings. The van der Waals surface area contributed by atoms with E-state index in [9.17, 15) is 0 Å². The second kappa shape index (κ2) is 5.96. The van der Waals surface area contributed by atoms with Gasteiger partial charge >= 0.3 is 0 Å². The van der Waals surface area contributed by atoms with Gasteiger partial charge < -0.3 is 0 Å². The molecule has 0 aliphatic heterocycles. The van der Waals surface area contributed by atoms with Crippen molar-refractivity contribution in [1.82, 2.24) is 0 Å². The fourth-order valence-electron chi connectivity index (χ4n) is 3.45. The summed E-state index contributed by atoms with van der Waals surface area (Å²) in [7, 11) is 0. The molecule has 0 unspecified atom stereocenters. The first-order chi connectivity index (χ1) is 10.6. The average molecular weight is 288 g/mol. The van der Waals surface area contributed by atoms with Crippen LogP contribution in [-0.2, 0) is 0 Å². The van der Waals surface area contributed by atoms with Gasteiger partial charge in [-0.05, 0) is 50.8 Å². The lowest BCUT2D eigenvalue weighted by Crippen LogP contribution is -2.06. The van der Waals surface area contributed by atoms with Crippen LogP contribution in [0.4, 0.5) is 0 Å². The normalized spacial score (nSPS) is 14.7. The summed E-state index contributed by atoms with van der Waals surface area (Å²) in [5, 5.41) is 0. The van der Waals surface area contributed by atoms with Crippen LogP contribution in [0, 0.1) is 13.8 Å². The predicted molar refractivity (Wildman–Crippen MR) is 95.3 cm³/mol. The van der Waals surface area contributed by atoms with Gasteiger partial charge in [-0.3, -0.25) is 0 Å². The topological polar surface area (TPSA) is 0 Å². The lowest BCUT2D eigenvalue weighted by atomic mass is 9.81. The summed E-state index contributed by atoms with van der Waals surface area (Å²) in [6, 6.07) is 17.9. The molecular formula is C22H24. The van der Waals surface area contributed by atoms with Crippen molar-refractivity contribution in [1.29, 1.82) is 0 Å². The zero-order valence-electron chi connectivity index (χ0n) is 14.0. The molecule has 0 nitrogen and oxygen atoms in total. The summed E-state index contributed by atoms with van der Waals surface area (Å²) in [5.74, 6) is 0.369. The third-order valence-corrected chi connectivity index (χ3v) is 4.80. The molecule has 22 heavy (non-hydrogen) atoms. The van der Waals surface area contributed by atoms with Crippen LogP contribution in [0.2, 0.25) is 0 Å². The number of hydrogen-bond acceptors (Lipinski definition) is 0. The van der Waals surface area contributed by atoms with E-state index in [1.807, 2.05) is 0 Å². The van der Waals surface area contributed by atoms with Crippen molar-refractivity contribution >= 4 is 0 Å². The highest BCUT2D eigenvalue weighted by atomic mass is 14.3. The maximum Gasteiger partial charge on any atom is 0.0308 e. The Kier molecular flexibility index (Phi) is 4.02. The first-order valence-corrected chi connectivity index (χ1v) is 8.06. The third kappa shape index (κ3) is 2.78. The van der Waals surface area contributed by atoms with Crippen LogP contribution >= 0.6 is 0 Å². The summed E-state index contributed by atoms with van der Waals surface area (Å²) in [6.45, 7) is 8.85. The zero-order valence-corrected chi connectivity index (χ0v) is 14.0. The van der Waals surface area contributed by atoms with Gasteiger partial charge in [0, 0.05) is 5.92 Å². The van der Waals surface area contributed by atoms with Crippen LogP contribution in [0.3, 0.4) is 0 Å². The molecule has 0 saturated heterocycles. The largest absolute Gasteiger partial charge is 0.0772 e. The Morgan fingerprint density at radius 2 is 1.32 bits per heavy atom. The van der Waals surface area contributed by atoms with Gasteiger partial charge in [0.05, 0.1) is 0 Å². The number of allylic oxidation sites excluding steroid dienone is 4. The highest BCUT2D eigenvalue weighted by Gasteiger charge is 2.23. The Bertz CT molecular complexity index is 714. The van der Waals surface area contributed by atoms with Crippen LogP contribution in [-0.4, -0.2) is 0 Å². The van der Waals surface area contributed by atoms with Crippen molar-refractivity contribution in [3.63, 3.8) is 0 Å². The maximum atomic E-state index is 2.36. The van der Waals surface area contributed by atoms with Gasteiger partial charge in [-0.15, -0.1) is 0 Å². The van der Waals surface area contributed by atoms with Crippen LogP contribution in [0.1, 0.15) is 48.4 Å². The predicted octanol–water partition coefficient (Wildman–Crippen LogP) is 6.10. The summed E-state index contributed by atoms with van der Waals surface area (Å²) < 4.78 is 0. The Balaban J connectivity index is 2.15. The smallest absolute Gasteiger partial charge is 0.0308 e. The number of benzene rings is 2. The average Bonchev–Trinajstić information content (AvgIpc) is 2.80. The van der Waals surface area contributed by atoms with Gasteiger partial charge in [0.25, 0.3) is 0 Å². The van der Waals surface area contributed by atoms with Crippen molar-refractivity contribution in [2.45, 2.75) is 40.0 Å². The SMILES string of the molecule is CC1=CCC(C(c2cccc(C)c2)c2cccc(C)c2)=C1C. The van der Waals surface area contributed by atoms with E-state index >= 15 is 0 Å². The zero-order chi connectivity index (χ0) is 15.7. The van der Waals surface area contributed by atoms with Gasteiger partial charge in [-0.1, -0.05) is 76.9 Å². The molecule has 0 N–H and O–H groups in total. The van der Waals surface area contributed by atoms with E-state index in [0.717, 1.165) is 6.42 Å². The minimum absolute atomic E-state index is 0.369. The monoisotopic (exact) mass is 288 g/mol. The molecule has 0 amide bonds. The summed E-state index contributed by atoms with van der Waals surface area (Å²) in [5.41, 5.74) is 9.92. The molecule has 0 radical (unpaired) electrons. The molecule has 2 aromatic rings. The fraction of sp³-hybridized carbons (Fsp3) is 0.273. The van der Waals surface area contributed by atoms with E-state index in [-0.39, 0.29) is 0 Å². The lowest BCUT2D eigenvalue weighted by Gasteiger charge is -2.22. The van der Waals surface area contributed by atoms with E-state index in [4.69, 9.17) is 0 Å². The Morgan fingerprint density at radius 3 is 1.73 bits per heavy atom. The number of aryl methyl sites for hydroxylation is 2. The molecule has 0 heterocycles. The van der Waals surface area contributed by atoms with Crippen molar-refractivity contribution in [3.05, 3.63) is 93.6 Å². The first-order valence-electron chi connectivity index (χ1n) is 8.06. The highest BCUT2D eigenvalue weighted by molar-refractivity contribution is 5.51. The molecule has 3 rings (SSSR count). The van der Waals surface area contributed by atoms with E-state index in [1.165, 1.54) is 33.4 Å². The molecule has 0 spiro atoms. The quantitative estimate of drug-likeness (QED) is 0.640. The van der Waals surface area contributed by atoms with Crippen LogP contribution in [0.25, 0.3) is 0 Å². The number of hydrogen-bond donors (Lipinski definition) is 0. The van der Waals surface area contributed by atoms with Crippen molar-refractivity contribution < 1.29 is 0 Å². The van der Waals surface area contributed by atoms with Crippen LogP contribution in [0.5, 0.6) is 0 Å². The van der Waals surface area contributed by atoms with E-state index in [2.05, 4.69) is 82.3 Å². The molecule has 0 fully saturated rings. The third-order valence-electron chi connectivity index (χ3n) is 4.80. The van der Waals surface area contributed by atoms with Crippen molar-refractivity contribution in [2.24, 2.45) is 0 Å². The summed E-state index contributed by atoms with van der Waals surface area (Å²) in [4.78, 5) is 0. The van der Waals surface area contributed by atoms with E-state index < -0.39 is 0 Å². The Hall–Kier alpha value is -2.08. The molecule has 0 atom stereocenters. The Morgan fingerprint density at radius 1 is 0.773 bits per heavy atom. The molecule has 0 heteroatoms. The summed E-state index contributed by atoms with van der Waals surface area (Å²) >= 11 is 0. The van der Waals surface area contributed by atoms with Crippen LogP contribution < -0.4 is 0 Å². The first kappa shape index (κ1) is 14.8. The van der Waals surface area contributed by atoms with Gasteiger partial charge in [0.2, 0.25) is 0 Å². The standard InChI is InChI=1S/C22H24/c1-15-7-5-9-19(13-15)22(20-10-6-8-16(2)14-20)21-12-11-17(3)18(21)4/h5-11,13-14,22H,12H2,1-4H3. The molecule has 0 aromatic heterocycles. The molecule has 1 aliphatic carbocycles. The van der Waals surface area contributed by atoms with E-state index in [0.29, 0.717) is 5.92 Å². The van der Waals surface area contributed by atoms with Crippen molar-refractivity contribution in [2.75, 3.05) is 0 Å². The minimum Gasteiger partial charge on any atom is -0.0772 e. The molecular weight excluding hydrogens is 264 g/mol. The van der Waals surface area contributed by atoms with E-state index in [1.54, 1.807) is 5.57 Å². The molecule has 2 aromatic carbocycles. The Labute approximate surface area is 134 Å². The van der Waals surface area contributed by atoms with Crippen LogP contribution in [0.15, 0.2) is 71.3 Å². The van der Waals surface area contributed by atoms with Crippen molar-refractivity contribution in [3.8, 4) is 0 Å². The van der Waals surface area contributed by atoms with Gasteiger partial charge in [-0.25, -0.2) is 0 Å². The van der Waals surface area contributed by atoms with Gasteiger partial charge in [0.15, 0.2) is 0 Å². The second-order valence-electron chi connectivity index (χ2n) is 6.50.